The summed E-state index contributed by atoms with van der Waals surface area (Å²) in [5.74, 6) is -1.12. The van der Waals surface area contributed by atoms with Crippen molar-refractivity contribution in [3.05, 3.63) is 11.4 Å². The number of carboxylic acids is 1. The van der Waals surface area contributed by atoms with Crippen LogP contribution in [0.15, 0.2) is 0 Å². The number of carboxylic acid groups (broad SMARTS) is 1. The second-order valence-corrected chi connectivity index (χ2v) is 3.46. The number of rotatable bonds is 6. The highest BCUT2D eigenvalue weighted by Crippen LogP contribution is 2.07. The fourth-order valence-corrected chi connectivity index (χ4v) is 1.34. The SMILES string of the molecule is COCCc1c(C(=O)O)nnn1CC(C)O. The van der Waals surface area contributed by atoms with Gasteiger partial charge in [-0.1, -0.05) is 5.21 Å². The number of ether oxygens (including phenoxy) is 1. The Labute approximate surface area is 92.6 Å². The zero-order valence-corrected chi connectivity index (χ0v) is 9.25. The van der Waals surface area contributed by atoms with E-state index in [4.69, 9.17) is 9.84 Å². The van der Waals surface area contributed by atoms with E-state index in [0.717, 1.165) is 0 Å². The molecule has 0 amide bonds. The largest absolute Gasteiger partial charge is 0.476 e. The van der Waals surface area contributed by atoms with Crippen LogP contribution in [0.5, 0.6) is 0 Å². The summed E-state index contributed by atoms with van der Waals surface area (Å²) in [5, 5.41) is 25.4. The van der Waals surface area contributed by atoms with Gasteiger partial charge in [-0.25, -0.2) is 9.48 Å². The van der Waals surface area contributed by atoms with Gasteiger partial charge in [-0.05, 0) is 6.92 Å². The first-order valence-electron chi connectivity index (χ1n) is 4.89. The Hall–Kier alpha value is -1.47. The summed E-state index contributed by atoms with van der Waals surface area (Å²) in [5.41, 5.74) is 0.382. The third-order valence-electron chi connectivity index (χ3n) is 2.02. The van der Waals surface area contributed by atoms with E-state index in [2.05, 4.69) is 10.3 Å². The molecule has 0 aliphatic rings. The summed E-state index contributed by atoms with van der Waals surface area (Å²) >= 11 is 0. The van der Waals surface area contributed by atoms with Gasteiger partial charge in [0.1, 0.15) is 0 Å². The molecule has 1 atom stereocenters. The number of hydrogen-bond acceptors (Lipinski definition) is 5. The van der Waals surface area contributed by atoms with Crippen LogP contribution in [0.3, 0.4) is 0 Å². The molecule has 0 saturated heterocycles. The van der Waals surface area contributed by atoms with Crippen molar-refractivity contribution in [2.75, 3.05) is 13.7 Å². The number of hydrogen-bond donors (Lipinski definition) is 2. The van der Waals surface area contributed by atoms with Gasteiger partial charge in [0.2, 0.25) is 0 Å². The van der Waals surface area contributed by atoms with E-state index in [1.807, 2.05) is 0 Å². The molecule has 0 aliphatic carbocycles. The number of aromatic nitrogens is 3. The predicted octanol–water partition coefficient (Wildman–Crippen LogP) is -0.454. The van der Waals surface area contributed by atoms with Crippen LogP contribution in [0, 0.1) is 0 Å². The van der Waals surface area contributed by atoms with Crippen LogP contribution in [-0.2, 0) is 17.7 Å². The molecule has 1 rings (SSSR count). The molecule has 1 aromatic heterocycles. The van der Waals surface area contributed by atoms with Crippen LogP contribution in [0.25, 0.3) is 0 Å². The zero-order valence-electron chi connectivity index (χ0n) is 9.25. The minimum atomic E-state index is -1.12. The van der Waals surface area contributed by atoms with Crippen molar-refractivity contribution >= 4 is 5.97 Å². The van der Waals surface area contributed by atoms with Crippen molar-refractivity contribution in [3.63, 3.8) is 0 Å². The van der Waals surface area contributed by atoms with Crippen molar-refractivity contribution in [2.45, 2.75) is 26.0 Å². The van der Waals surface area contributed by atoms with E-state index in [-0.39, 0.29) is 12.2 Å². The molecule has 0 fully saturated rings. The van der Waals surface area contributed by atoms with Crippen LogP contribution in [0.4, 0.5) is 0 Å². The van der Waals surface area contributed by atoms with Crippen molar-refractivity contribution in [1.82, 2.24) is 15.0 Å². The van der Waals surface area contributed by atoms with E-state index >= 15 is 0 Å². The van der Waals surface area contributed by atoms with Crippen LogP contribution >= 0.6 is 0 Å². The molecule has 0 spiro atoms. The number of aliphatic hydroxyl groups excluding tert-OH is 1. The van der Waals surface area contributed by atoms with Gasteiger partial charge in [0.15, 0.2) is 5.69 Å². The van der Waals surface area contributed by atoms with E-state index in [1.165, 1.54) is 11.8 Å². The molecule has 1 heterocycles. The maximum atomic E-state index is 10.9. The number of aliphatic hydroxyl groups is 1. The maximum Gasteiger partial charge on any atom is 0.358 e. The van der Waals surface area contributed by atoms with E-state index in [0.29, 0.717) is 18.7 Å². The highest BCUT2D eigenvalue weighted by atomic mass is 16.5. The second-order valence-electron chi connectivity index (χ2n) is 3.46. The highest BCUT2D eigenvalue weighted by molar-refractivity contribution is 5.86. The number of nitrogens with zero attached hydrogens (tertiary/aromatic N) is 3. The summed E-state index contributed by atoms with van der Waals surface area (Å²) in [6.07, 6.45) is -0.206. The molecule has 0 radical (unpaired) electrons. The third kappa shape index (κ3) is 3.01. The number of aromatic carboxylic acids is 1. The van der Waals surface area contributed by atoms with Crippen LogP contribution < -0.4 is 0 Å². The Bertz CT molecular complexity index is 362. The van der Waals surface area contributed by atoms with Crippen molar-refractivity contribution in [3.8, 4) is 0 Å². The number of carbonyl (C=O) groups is 1. The Balaban J connectivity index is 2.94. The molecule has 7 nitrogen and oxygen atoms in total. The lowest BCUT2D eigenvalue weighted by molar-refractivity contribution is 0.0688. The minimum Gasteiger partial charge on any atom is -0.476 e. The molecule has 1 aromatic rings. The van der Waals surface area contributed by atoms with Crippen LogP contribution in [-0.4, -0.2) is 51.0 Å². The molecule has 2 N–H and O–H groups in total. The molecule has 1 unspecified atom stereocenters. The Morgan fingerprint density at radius 2 is 2.31 bits per heavy atom. The van der Waals surface area contributed by atoms with Crippen molar-refractivity contribution in [2.24, 2.45) is 0 Å². The molecular formula is C9H15N3O4. The average molecular weight is 229 g/mol. The van der Waals surface area contributed by atoms with Crippen LogP contribution in [0.2, 0.25) is 0 Å². The molecule has 16 heavy (non-hydrogen) atoms. The summed E-state index contributed by atoms with van der Waals surface area (Å²) in [6.45, 7) is 2.20. The monoisotopic (exact) mass is 229 g/mol. The lowest BCUT2D eigenvalue weighted by Crippen LogP contribution is -2.17. The molecular weight excluding hydrogens is 214 g/mol. The predicted molar refractivity (Wildman–Crippen MR) is 54.2 cm³/mol. The van der Waals surface area contributed by atoms with Gasteiger partial charge in [0, 0.05) is 13.5 Å². The van der Waals surface area contributed by atoms with Gasteiger partial charge in [-0.3, -0.25) is 0 Å². The first kappa shape index (κ1) is 12.6. The minimum absolute atomic E-state index is 0.0855. The van der Waals surface area contributed by atoms with Gasteiger partial charge in [0.05, 0.1) is 24.9 Å². The van der Waals surface area contributed by atoms with Crippen molar-refractivity contribution in [1.29, 1.82) is 0 Å². The smallest absolute Gasteiger partial charge is 0.358 e. The molecule has 0 aliphatic heterocycles. The second kappa shape index (κ2) is 5.57. The zero-order chi connectivity index (χ0) is 12.1. The quantitative estimate of drug-likeness (QED) is 0.685. The molecule has 0 bridgehead atoms. The standard InChI is InChI=1S/C9H15N3O4/c1-6(13)5-12-7(3-4-16-2)8(9(14)15)10-11-12/h6,13H,3-5H2,1-2H3,(H,14,15). The van der Waals surface area contributed by atoms with E-state index in [9.17, 15) is 9.90 Å². The highest BCUT2D eigenvalue weighted by Gasteiger charge is 2.19. The fraction of sp³-hybridized carbons (Fsp3) is 0.667. The summed E-state index contributed by atoms with van der Waals surface area (Å²) in [7, 11) is 1.53. The van der Waals surface area contributed by atoms with Gasteiger partial charge in [-0.15, -0.1) is 5.10 Å². The number of methoxy groups -OCH3 is 1. The topological polar surface area (TPSA) is 97.5 Å². The Morgan fingerprint density at radius 1 is 1.62 bits per heavy atom. The van der Waals surface area contributed by atoms with Crippen molar-refractivity contribution < 1.29 is 19.7 Å². The van der Waals surface area contributed by atoms with E-state index in [1.54, 1.807) is 6.92 Å². The Morgan fingerprint density at radius 3 is 2.81 bits per heavy atom. The lowest BCUT2D eigenvalue weighted by Gasteiger charge is -2.08. The van der Waals surface area contributed by atoms with E-state index < -0.39 is 12.1 Å². The summed E-state index contributed by atoms with van der Waals surface area (Å²) in [6, 6.07) is 0. The summed E-state index contributed by atoms with van der Waals surface area (Å²) < 4.78 is 6.28. The van der Waals surface area contributed by atoms with Gasteiger partial charge in [-0.2, -0.15) is 0 Å². The average Bonchev–Trinajstić information content (AvgIpc) is 2.57. The molecule has 0 saturated carbocycles. The first-order valence-corrected chi connectivity index (χ1v) is 4.89. The summed E-state index contributed by atoms with van der Waals surface area (Å²) in [4.78, 5) is 10.9. The third-order valence-corrected chi connectivity index (χ3v) is 2.02. The molecule has 0 aromatic carbocycles. The van der Waals surface area contributed by atoms with Crippen LogP contribution in [0.1, 0.15) is 23.1 Å². The maximum absolute atomic E-state index is 10.9. The fourth-order valence-electron chi connectivity index (χ4n) is 1.34. The van der Waals surface area contributed by atoms with Gasteiger partial charge in [0.25, 0.3) is 0 Å². The normalized spacial score (nSPS) is 12.7. The lowest BCUT2D eigenvalue weighted by atomic mass is 10.2. The molecule has 7 heteroatoms. The van der Waals surface area contributed by atoms with Gasteiger partial charge >= 0.3 is 5.97 Å². The molecule has 90 valence electrons. The Kier molecular flexibility index (Phi) is 4.39. The first-order chi connectivity index (χ1) is 7.56. The van der Waals surface area contributed by atoms with Gasteiger partial charge < -0.3 is 14.9 Å².